The zero-order valence-electron chi connectivity index (χ0n) is 9.36. The molecule has 6 heteroatoms. The summed E-state index contributed by atoms with van der Waals surface area (Å²) in [4.78, 5) is 4.23. The van der Waals surface area contributed by atoms with Crippen molar-refractivity contribution >= 4 is 13.4 Å². The predicted molar refractivity (Wildman–Crippen MR) is 60.6 cm³/mol. The molecule has 0 saturated carbocycles. The number of nitrogens with zero attached hydrogens (tertiary/aromatic N) is 1. The van der Waals surface area contributed by atoms with Crippen molar-refractivity contribution in [2.75, 3.05) is 32.5 Å². The second kappa shape index (κ2) is 6.26. The van der Waals surface area contributed by atoms with Crippen LogP contribution in [0.5, 0.6) is 0 Å². The van der Waals surface area contributed by atoms with Crippen LogP contribution in [0.2, 0.25) is 0 Å². The molecule has 0 bridgehead atoms. The number of aliphatic imine (C=N–C) groups is 1. The quantitative estimate of drug-likeness (QED) is 0.680. The standard InChI is InChI=1S/C9H19N2O3P/c1-3-13-15(12,14-4-2)8-5-9-10-6-7-11-9/h3-8H2,1-2H3,(H,10,11). The lowest BCUT2D eigenvalue weighted by molar-refractivity contribution is 0.220. The largest absolute Gasteiger partial charge is 0.372 e. The summed E-state index contributed by atoms with van der Waals surface area (Å²) < 4.78 is 22.4. The molecule has 1 aliphatic rings. The van der Waals surface area contributed by atoms with Crippen LogP contribution in [0.25, 0.3) is 0 Å². The van der Waals surface area contributed by atoms with Gasteiger partial charge in [0, 0.05) is 13.0 Å². The summed E-state index contributed by atoms with van der Waals surface area (Å²) in [5.41, 5.74) is 0. The van der Waals surface area contributed by atoms with Crippen LogP contribution >= 0.6 is 7.60 Å². The van der Waals surface area contributed by atoms with E-state index in [0.29, 0.717) is 25.8 Å². The molecule has 0 amide bonds. The second-order valence-electron chi connectivity index (χ2n) is 3.18. The monoisotopic (exact) mass is 234 g/mol. The molecule has 0 aromatic rings. The Balaban J connectivity index is 2.40. The van der Waals surface area contributed by atoms with Crippen molar-refractivity contribution in [3.8, 4) is 0 Å². The molecule has 0 aromatic heterocycles. The molecule has 1 N–H and O–H groups in total. The van der Waals surface area contributed by atoms with Gasteiger partial charge in [0.25, 0.3) is 0 Å². The van der Waals surface area contributed by atoms with Gasteiger partial charge in [-0.2, -0.15) is 0 Å². The molecular weight excluding hydrogens is 215 g/mol. The van der Waals surface area contributed by atoms with Crippen molar-refractivity contribution in [3.05, 3.63) is 0 Å². The average Bonchev–Trinajstić information content (AvgIpc) is 2.68. The van der Waals surface area contributed by atoms with E-state index in [4.69, 9.17) is 9.05 Å². The van der Waals surface area contributed by atoms with Gasteiger partial charge in [0.1, 0.15) is 0 Å². The highest BCUT2D eigenvalue weighted by molar-refractivity contribution is 7.53. The van der Waals surface area contributed by atoms with Crippen molar-refractivity contribution in [3.63, 3.8) is 0 Å². The highest BCUT2D eigenvalue weighted by Gasteiger charge is 2.24. The lowest BCUT2D eigenvalue weighted by Gasteiger charge is -2.16. The number of nitrogens with one attached hydrogen (secondary N) is 1. The van der Waals surface area contributed by atoms with Gasteiger partial charge in [0.2, 0.25) is 0 Å². The van der Waals surface area contributed by atoms with Gasteiger partial charge in [-0.25, -0.2) is 0 Å². The lowest BCUT2D eigenvalue weighted by atomic mass is 10.4. The summed E-state index contributed by atoms with van der Waals surface area (Å²) in [7, 11) is -2.89. The third-order valence-corrected chi connectivity index (χ3v) is 4.09. The van der Waals surface area contributed by atoms with E-state index in [2.05, 4.69) is 10.3 Å². The third kappa shape index (κ3) is 4.33. The number of rotatable bonds is 7. The van der Waals surface area contributed by atoms with E-state index >= 15 is 0 Å². The first-order valence-electron chi connectivity index (χ1n) is 5.35. The van der Waals surface area contributed by atoms with Crippen molar-refractivity contribution in [2.24, 2.45) is 4.99 Å². The van der Waals surface area contributed by atoms with Crippen LogP contribution < -0.4 is 5.32 Å². The summed E-state index contributed by atoms with van der Waals surface area (Å²) >= 11 is 0. The number of hydrogen-bond acceptors (Lipinski definition) is 5. The van der Waals surface area contributed by atoms with Crippen molar-refractivity contribution in [1.29, 1.82) is 0 Å². The molecule has 88 valence electrons. The number of amidine groups is 1. The smallest absolute Gasteiger partial charge is 0.331 e. The molecule has 0 unspecified atom stereocenters. The topological polar surface area (TPSA) is 59.9 Å². The van der Waals surface area contributed by atoms with E-state index in [9.17, 15) is 4.57 Å². The van der Waals surface area contributed by atoms with Crippen LogP contribution in [-0.2, 0) is 13.6 Å². The number of hydrogen-bond donors (Lipinski definition) is 1. The van der Waals surface area contributed by atoms with E-state index in [1.165, 1.54) is 0 Å². The summed E-state index contributed by atoms with van der Waals surface area (Å²) in [5, 5.41) is 3.13. The average molecular weight is 234 g/mol. The van der Waals surface area contributed by atoms with Crippen LogP contribution in [0.3, 0.4) is 0 Å². The van der Waals surface area contributed by atoms with Gasteiger partial charge >= 0.3 is 7.60 Å². The first kappa shape index (κ1) is 12.7. The van der Waals surface area contributed by atoms with Crippen molar-refractivity contribution in [2.45, 2.75) is 20.3 Å². The molecule has 1 aliphatic heterocycles. The molecule has 0 saturated heterocycles. The molecule has 5 nitrogen and oxygen atoms in total. The Bertz CT molecular complexity index is 258. The van der Waals surface area contributed by atoms with Crippen molar-refractivity contribution < 1.29 is 13.6 Å². The summed E-state index contributed by atoms with van der Waals surface area (Å²) in [6.45, 7) is 6.15. The molecule has 0 fully saturated rings. The molecule has 15 heavy (non-hydrogen) atoms. The maximum Gasteiger partial charge on any atom is 0.331 e. The Hall–Kier alpha value is -0.380. The normalized spacial score (nSPS) is 16.3. The van der Waals surface area contributed by atoms with Crippen LogP contribution in [-0.4, -0.2) is 38.3 Å². The summed E-state index contributed by atoms with van der Waals surface area (Å²) in [6, 6.07) is 0. The Morgan fingerprint density at radius 1 is 1.40 bits per heavy atom. The third-order valence-electron chi connectivity index (χ3n) is 2.02. The highest BCUT2D eigenvalue weighted by atomic mass is 31.2. The van der Waals surface area contributed by atoms with E-state index in [1.807, 2.05) is 13.8 Å². The Kier molecular flexibility index (Phi) is 5.29. The van der Waals surface area contributed by atoms with E-state index in [1.54, 1.807) is 0 Å². The Morgan fingerprint density at radius 2 is 2.07 bits per heavy atom. The van der Waals surface area contributed by atoms with E-state index in [0.717, 1.165) is 18.9 Å². The first-order chi connectivity index (χ1) is 7.20. The minimum absolute atomic E-state index is 0.403. The fraction of sp³-hybridized carbons (Fsp3) is 0.889. The van der Waals surface area contributed by atoms with Crippen LogP contribution in [0, 0.1) is 0 Å². The van der Waals surface area contributed by atoms with Gasteiger partial charge in [0.05, 0.1) is 31.8 Å². The molecule has 1 heterocycles. The summed E-state index contributed by atoms with van der Waals surface area (Å²) in [5.74, 6) is 0.912. The molecule has 0 spiro atoms. The lowest BCUT2D eigenvalue weighted by Crippen LogP contribution is -2.19. The Morgan fingerprint density at radius 3 is 2.53 bits per heavy atom. The molecule has 1 rings (SSSR count). The second-order valence-corrected chi connectivity index (χ2v) is 5.36. The molecule has 0 aromatic carbocycles. The van der Waals surface area contributed by atoms with Gasteiger partial charge in [-0.15, -0.1) is 0 Å². The van der Waals surface area contributed by atoms with Gasteiger partial charge in [-0.05, 0) is 13.8 Å². The zero-order valence-corrected chi connectivity index (χ0v) is 10.3. The molecular formula is C9H19N2O3P. The predicted octanol–water partition coefficient (Wildman–Crippen LogP) is 1.64. The fourth-order valence-electron chi connectivity index (χ4n) is 1.42. The van der Waals surface area contributed by atoms with Crippen molar-refractivity contribution in [1.82, 2.24) is 5.32 Å². The van der Waals surface area contributed by atoms with Gasteiger partial charge in [0.15, 0.2) is 0 Å². The van der Waals surface area contributed by atoms with Crippen LogP contribution in [0.4, 0.5) is 0 Å². The minimum atomic E-state index is -2.89. The van der Waals surface area contributed by atoms with Gasteiger partial charge < -0.3 is 14.4 Å². The van der Waals surface area contributed by atoms with Gasteiger partial charge in [-0.1, -0.05) is 0 Å². The highest BCUT2D eigenvalue weighted by Crippen LogP contribution is 2.48. The van der Waals surface area contributed by atoms with E-state index in [-0.39, 0.29) is 0 Å². The van der Waals surface area contributed by atoms with E-state index < -0.39 is 7.60 Å². The SMILES string of the molecule is CCOP(=O)(CCC1=NCCN1)OCC. The van der Waals surface area contributed by atoms with Gasteiger partial charge in [-0.3, -0.25) is 9.56 Å². The van der Waals surface area contributed by atoms with Crippen LogP contribution in [0.1, 0.15) is 20.3 Å². The molecule has 0 radical (unpaired) electrons. The zero-order chi connectivity index (χ0) is 11.1. The first-order valence-corrected chi connectivity index (χ1v) is 7.08. The minimum Gasteiger partial charge on any atom is -0.372 e. The fourth-order valence-corrected chi connectivity index (χ4v) is 3.02. The molecule has 0 atom stereocenters. The maximum atomic E-state index is 12.0. The van der Waals surface area contributed by atoms with Crippen LogP contribution in [0.15, 0.2) is 4.99 Å². The Labute approximate surface area is 90.8 Å². The maximum absolute atomic E-state index is 12.0. The summed E-state index contributed by atoms with van der Waals surface area (Å²) in [6.07, 6.45) is 1.04. The molecule has 0 aliphatic carbocycles.